The molecule has 0 aromatic carbocycles. The molecule has 0 unspecified atom stereocenters. The average molecular weight is 434 g/mol. The Bertz CT molecular complexity index is 579. The molecule has 0 bridgehead atoms. The van der Waals surface area contributed by atoms with Crippen LogP contribution in [0.2, 0.25) is 0 Å². The van der Waals surface area contributed by atoms with E-state index < -0.39 is 0 Å². The van der Waals surface area contributed by atoms with Gasteiger partial charge in [0.15, 0.2) is 0 Å². The third-order valence-corrected chi connectivity index (χ3v) is 7.14. The Morgan fingerprint density at radius 2 is 1.84 bits per heavy atom. The van der Waals surface area contributed by atoms with Gasteiger partial charge in [-0.05, 0) is 63.2 Å². The molecule has 0 radical (unpaired) electrons. The van der Waals surface area contributed by atoms with Gasteiger partial charge in [0.1, 0.15) is 0 Å². The van der Waals surface area contributed by atoms with Gasteiger partial charge in [-0.2, -0.15) is 0 Å². The Kier molecular flexibility index (Phi) is 11.9. The average Bonchev–Trinajstić information content (AvgIpc) is 3.25. The van der Waals surface area contributed by atoms with Crippen molar-refractivity contribution in [3.05, 3.63) is 23.8 Å². The minimum Gasteiger partial charge on any atom is -0.392 e. The first-order valence-corrected chi connectivity index (χ1v) is 13.0. The van der Waals surface area contributed by atoms with E-state index >= 15 is 0 Å². The standard InChI is InChI=1S/C27H47NO3/c1-4-7-8-12-23(29)14-15-24-25-19-21(18-22(25)20-26(24)30)11-9-10-13-27(31)28(16-5-2)17-6-3/h11,14-15,22-26,29-30H,4-10,12-13,16-20H2,1-3H3/t22-,23-,24+,25-,26+/m0/s1. The normalized spacial score (nSPS) is 27.8. The lowest BCUT2D eigenvalue weighted by molar-refractivity contribution is -0.131. The Morgan fingerprint density at radius 1 is 1.10 bits per heavy atom. The first kappa shape index (κ1) is 26.1. The van der Waals surface area contributed by atoms with E-state index in [1.54, 1.807) is 0 Å². The second-order valence-corrected chi connectivity index (χ2v) is 9.80. The maximum atomic E-state index is 12.4. The van der Waals surface area contributed by atoms with Crippen LogP contribution in [0.15, 0.2) is 23.8 Å². The lowest BCUT2D eigenvalue weighted by atomic mass is 9.90. The number of fused-ring (bicyclic) bond motifs is 1. The molecule has 0 aromatic rings. The number of allylic oxidation sites excluding steroid dienone is 2. The largest absolute Gasteiger partial charge is 0.392 e. The van der Waals surface area contributed by atoms with Gasteiger partial charge in [0.2, 0.25) is 5.91 Å². The molecule has 0 aromatic heterocycles. The van der Waals surface area contributed by atoms with Crippen LogP contribution < -0.4 is 0 Å². The molecule has 2 saturated carbocycles. The van der Waals surface area contributed by atoms with Gasteiger partial charge >= 0.3 is 0 Å². The topological polar surface area (TPSA) is 60.8 Å². The molecule has 2 rings (SSSR count). The van der Waals surface area contributed by atoms with Crippen molar-refractivity contribution >= 4 is 5.91 Å². The molecule has 2 aliphatic rings. The van der Waals surface area contributed by atoms with Crippen molar-refractivity contribution in [1.29, 1.82) is 0 Å². The molecule has 2 aliphatic carbocycles. The van der Waals surface area contributed by atoms with Crippen LogP contribution in [0.5, 0.6) is 0 Å². The summed E-state index contributed by atoms with van der Waals surface area (Å²) in [7, 11) is 0. The van der Waals surface area contributed by atoms with Gasteiger partial charge in [-0.3, -0.25) is 4.79 Å². The molecule has 5 atom stereocenters. The molecule has 0 saturated heterocycles. The van der Waals surface area contributed by atoms with Gasteiger partial charge in [-0.1, -0.05) is 63.8 Å². The van der Waals surface area contributed by atoms with Gasteiger partial charge in [-0.15, -0.1) is 0 Å². The van der Waals surface area contributed by atoms with Crippen molar-refractivity contribution in [3.63, 3.8) is 0 Å². The Balaban J connectivity index is 1.78. The number of hydrogen-bond acceptors (Lipinski definition) is 3. The number of carbonyl (C=O) groups excluding carboxylic acids is 1. The summed E-state index contributed by atoms with van der Waals surface area (Å²) in [6.45, 7) is 8.19. The highest BCUT2D eigenvalue weighted by molar-refractivity contribution is 5.76. The predicted octanol–water partition coefficient (Wildman–Crippen LogP) is 5.64. The summed E-state index contributed by atoms with van der Waals surface area (Å²) in [5.41, 5.74) is 1.51. The Morgan fingerprint density at radius 3 is 2.52 bits per heavy atom. The maximum Gasteiger partial charge on any atom is 0.222 e. The van der Waals surface area contributed by atoms with E-state index in [-0.39, 0.29) is 18.1 Å². The van der Waals surface area contributed by atoms with Crippen molar-refractivity contribution < 1.29 is 15.0 Å². The van der Waals surface area contributed by atoms with Gasteiger partial charge in [-0.25, -0.2) is 0 Å². The summed E-state index contributed by atoms with van der Waals surface area (Å²) in [6, 6.07) is 0. The fourth-order valence-corrected chi connectivity index (χ4v) is 5.51. The second kappa shape index (κ2) is 14.1. The summed E-state index contributed by atoms with van der Waals surface area (Å²) in [5.74, 6) is 1.55. The highest BCUT2D eigenvalue weighted by Crippen LogP contribution is 2.50. The summed E-state index contributed by atoms with van der Waals surface area (Å²) in [4.78, 5) is 14.4. The molecule has 31 heavy (non-hydrogen) atoms. The summed E-state index contributed by atoms with van der Waals surface area (Å²) < 4.78 is 0. The van der Waals surface area contributed by atoms with Gasteiger partial charge in [0.25, 0.3) is 0 Å². The number of aliphatic hydroxyl groups is 2. The summed E-state index contributed by atoms with van der Waals surface area (Å²) in [6.07, 6.45) is 17.6. The van der Waals surface area contributed by atoms with Crippen molar-refractivity contribution in [2.45, 2.75) is 110 Å². The van der Waals surface area contributed by atoms with E-state index in [1.807, 2.05) is 11.0 Å². The Labute approximate surface area is 190 Å². The summed E-state index contributed by atoms with van der Waals surface area (Å²) in [5, 5.41) is 20.7. The number of amides is 1. The van der Waals surface area contributed by atoms with Crippen LogP contribution in [0.3, 0.4) is 0 Å². The van der Waals surface area contributed by atoms with E-state index in [0.29, 0.717) is 24.2 Å². The molecule has 1 amide bonds. The monoisotopic (exact) mass is 433 g/mol. The number of aliphatic hydroxyl groups excluding tert-OH is 2. The zero-order valence-electron chi connectivity index (χ0n) is 20.3. The number of rotatable bonds is 14. The quantitative estimate of drug-likeness (QED) is 0.275. The van der Waals surface area contributed by atoms with Crippen LogP contribution in [0, 0.1) is 17.8 Å². The van der Waals surface area contributed by atoms with Gasteiger partial charge in [0, 0.05) is 25.4 Å². The highest BCUT2D eigenvalue weighted by Gasteiger charge is 2.44. The van der Waals surface area contributed by atoms with Crippen molar-refractivity contribution in [2.75, 3.05) is 13.1 Å². The van der Waals surface area contributed by atoms with E-state index in [4.69, 9.17) is 0 Å². The molecule has 0 heterocycles. The SMILES string of the molecule is CCCCC[C@H](O)C=C[C@@H]1[C@H]2CC(=CCCCC(=O)N(CCC)CCC)C[C@H]2C[C@H]1O. The lowest BCUT2D eigenvalue weighted by Crippen LogP contribution is -2.32. The summed E-state index contributed by atoms with van der Waals surface area (Å²) >= 11 is 0. The van der Waals surface area contributed by atoms with E-state index in [1.165, 1.54) is 12.0 Å². The minimum absolute atomic E-state index is 0.176. The number of carbonyl (C=O) groups is 1. The van der Waals surface area contributed by atoms with Crippen molar-refractivity contribution in [2.24, 2.45) is 17.8 Å². The smallest absolute Gasteiger partial charge is 0.222 e. The van der Waals surface area contributed by atoms with E-state index in [9.17, 15) is 15.0 Å². The van der Waals surface area contributed by atoms with E-state index in [0.717, 1.165) is 77.3 Å². The lowest BCUT2D eigenvalue weighted by Gasteiger charge is -2.21. The first-order valence-electron chi connectivity index (χ1n) is 13.0. The Hall–Kier alpha value is -1.13. The molecule has 0 spiro atoms. The zero-order chi connectivity index (χ0) is 22.6. The second-order valence-electron chi connectivity index (χ2n) is 9.80. The minimum atomic E-state index is -0.383. The van der Waals surface area contributed by atoms with Crippen LogP contribution >= 0.6 is 0 Å². The van der Waals surface area contributed by atoms with E-state index in [2.05, 4.69) is 32.9 Å². The van der Waals surface area contributed by atoms with Crippen molar-refractivity contribution in [1.82, 2.24) is 4.90 Å². The predicted molar refractivity (Wildman–Crippen MR) is 129 cm³/mol. The molecular formula is C27H47NO3. The maximum absolute atomic E-state index is 12.4. The third kappa shape index (κ3) is 8.38. The molecule has 0 aliphatic heterocycles. The van der Waals surface area contributed by atoms with Crippen LogP contribution in [-0.4, -0.2) is 46.3 Å². The fourth-order valence-electron chi connectivity index (χ4n) is 5.51. The van der Waals surface area contributed by atoms with Gasteiger partial charge < -0.3 is 15.1 Å². The molecule has 4 nitrogen and oxygen atoms in total. The van der Waals surface area contributed by atoms with Crippen LogP contribution in [-0.2, 0) is 4.79 Å². The molecule has 4 heteroatoms. The van der Waals surface area contributed by atoms with Crippen molar-refractivity contribution in [3.8, 4) is 0 Å². The number of unbranched alkanes of at least 4 members (excludes halogenated alkanes) is 3. The van der Waals surface area contributed by atoms with Crippen LogP contribution in [0.4, 0.5) is 0 Å². The highest BCUT2D eigenvalue weighted by atomic mass is 16.3. The molecule has 2 N–H and O–H groups in total. The fraction of sp³-hybridized carbons (Fsp3) is 0.815. The molecule has 178 valence electrons. The molecule has 2 fully saturated rings. The van der Waals surface area contributed by atoms with Crippen LogP contribution in [0.1, 0.15) is 97.8 Å². The third-order valence-electron chi connectivity index (χ3n) is 7.14. The number of hydrogen-bond donors (Lipinski definition) is 2. The first-order chi connectivity index (χ1) is 15.0. The number of nitrogens with zero attached hydrogens (tertiary/aromatic N) is 1. The molecular weight excluding hydrogens is 386 g/mol. The van der Waals surface area contributed by atoms with Gasteiger partial charge in [0.05, 0.1) is 12.2 Å². The zero-order valence-corrected chi connectivity index (χ0v) is 20.3. The van der Waals surface area contributed by atoms with Crippen LogP contribution in [0.25, 0.3) is 0 Å².